The van der Waals surface area contributed by atoms with Crippen molar-refractivity contribution in [3.8, 4) is 0 Å². The molecule has 0 aliphatic carbocycles. The molecule has 2 aliphatic heterocycles. The summed E-state index contributed by atoms with van der Waals surface area (Å²) >= 11 is 0. The van der Waals surface area contributed by atoms with E-state index in [0.29, 0.717) is 24.2 Å². The quantitative estimate of drug-likeness (QED) is 0.686. The first kappa shape index (κ1) is 15.5. The molecule has 2 aliphatic rings. The van der Waals surface area contributed by atoms with Gasteiger partial charge in [0, 0.05) is 19.6 Å². The number of urea groups is 1. The maximum Gasteiger partial charge on any atom is 0.329 e. The lowest BCUT2D eigenvalue weighted by molar-refractivity contribution is -0.122. The number of carbonyl (C=O) groups excluding carboxylic acids is 2. The molecule has 1 N–H and O–H groups in total. The first-order valence-electron chi connectivity index (χ1n) is 7.99. The van der Waals surface area contributed by atoms with E-state index in [1.807, 2.05) is 11.8 Å². The van der Waals surface area contributed by atoms with Gasteiger partial charge in [0.2, 0.25) is 0 Å². The third-order valence-electron chi connectivity index (χ3n) is 4.14. The number of imide groups is 1. The molecule has 1 aromatic rings. The van der Waals surface area contributed by atoms with Crippen LogP contribution in [-0.2, 0) is 4.79 Å². The Kier molecular flexibility index (Phi) is 4.32. The molecule has 0 aromatic heterocycles. The molecule has 3 rings (SSSR count). The van der Waals surface area contributed by atoms with Gasteiger partial charge < -0.3 is 10.2 Å². The molecule has 0 saturated carbocycles. The molecule has 3 amide bonds. The summed E-state index contributed by atoms with van der Waals surface area (Å²) in [7, 11) is 0. The van der Waals surface area contributed by atoms with Crippen molar-refractivity contribution in [3.63, 3.8) is 0 Å². The van der Waals surface area contributed by atoms with Crippen LogP contribution in [0.3, 0.4) is 0 Å². The first-order chi connectivity index (χ1) is 11.1. The normalized spacial score (nSPS) is 19.8. The number of nitrogens with one attached hydrogen (secondary N) is 1. The van der Waals surface area contributed by atoms with Crippen molar-refractivity contribution in [1.29, 1.82) is 0 Å². The number of carbonyl (C=O) groups is 2. The maximum absolute atomic E-state index is 14.3. The van der Waals surface area contributed by atoms with E-state index in [1.54, 1.807) is 12.1 Å². The van der Waals surface area contributed by atoms with Crippen LogP contribution in [0.15, 0.2) is 23.9 Å². The highest BCUT2D eigenvalue weighted by molar-refractivity contribution is 6.13. The molecule has 122 valence electrons. The first-order valence-corrected chi connectivity index (χ1v) is 7.99. The summed E-state index contributed by atoms with van der Waals surface area (Å²) in [4.78, 5) is 27.1. The zero-order chi connectivity index (χ0) is 16.4. The molecular formula is C17H20FN3O2. The average molecular weight is 317 g/mol. The molecular weight excluding hydrogens is 297 g/mol. The maximum atomic E-state index is 14.3. The highest BCUT2D eigenvalue weighted by Gasteiger charge is 2.32. The molecule has 0 bridgehead atoms. The van der Waals surface area contributed by atoms with E-state index in [1.165, 1.54) is 17.0 Å². The molecule has 2 fully saturated rings. The fraction of sp³-hybridized carbons (Fsp3) is 0.412. The summed E-state index contributed by atoms with van der Waals surface area (Å²) in [6.45, 7) is 4.02. The topological polar surface area (TPSA) is 52.7 Å². The summed E-state index contributed by atoms with van der Waals surface area (Å²) in [6.07, 6.45) is 4.39. The molecule has 6 heteroatoms. The summed E-state index contributed by atoms with van der Waals surface area (Å²) < 4.78 is 14.3. The fourth-order valence-electron chi connectivity index (χ4n) is 2.99. The lowest BCUT2D eigenvalue weighted by atomic mass is 10.1. The van der Waals surface area contributed by atoms with Crippen LogP contribution in [0.5, 0.6) is 0 Å². The van der Waals surface area contributed by atoms with Crippen LogP contribution in [0.2, 0.25) is 0 Å². The van der Waals surface area contributed by atoms with E-state index >= 15 is 0 Å². The van der Waals surface area contributed by atoms with Gasteiger partial charge >= 0.3 is 6.03 Å². The second-order valence-corrected chi connectivity index (χ2v) is 5.85. The summed E-state index contributed by atoms with van der Waals surface area (Å²) in [5, 5.41) is 2.54. The Labute approximate surface area is 134 Å². The number of benzene rings is 1. The van der Waals surface area contributed by atoms with Gasteiger partial charge in [0.25, 0.3) is 5.91 Å². The Hall–Kier alpha value is -2.37. The molecule has 0 atom stereocenters. The van der Waals surface area contributed by atoms with Gasteiger partial charge in [-0.15, -0.1) is 0 Å². The van der Waals surface area contributed by atoms with Crippen LogP contribution in [0.25, 0.3) is 6.08 Å². The lowest BCUT2D eigenvalue weighted by Crippen LogP contribution is -2.31. The number of nitrogens with zero attached hydrogens (tertiary/aromatic N) is 2. The largest absolute Gasteiger partial charge is 0.369 e. The Bertz CT molecular complexity index is 666. The van der Waals surface area contributed by atoms with E-state index in [4.69, 9.17) is 0 Å². The zero-order valence-corrected chi connectivity index (χ0v) is 13.1. The number of anilines is 1. The number of hydrogen-bond donors (Lipinski definition) is 1. The van der Waals surface area contributed by atoms with Crippen molar-refractivity contribution in [3.05, 3.63) is 35.3 Å². The highest BCUT2D eigenvalue weighted by Crippen LogP contribution is 2.25. The summed E-state index contributed by atoms with van der Waals surface area (Å²) in [5.74, 6) is -0.663. The van der Waals surface area contributed by atoms with E-state index in [9.17, 15) is 14.0 Å². The van der Waals surface area contributed by atoms with E-state index in [2.05, 4.69) is 5.32 Å². The second kappa shape index (κ2) is 6.40. The minimum atomic E-state index is -0.419. The van der Waals surface area contributed by atoms with Gasteiger partial charge in [0.15, 0.2) is 0 Å². The molecule has 1 aromatic carbocycles. The van der Waals surface area contributed by atoms with Crippen LogP contribution >= 0.6 is 0 Å². The SMILES string of the molecule is CCCN1C(=O)N/C(=C/c2ccc(N3CCCC3)c(F)c2)C1=O. The van der Waals surface area contributed by atoms with Gasteiger partial charge in [-0.2, -0.15) is 0 Å². The van der Waals surface area contributed by atoms with Crippen molar-refractivity contribution in [2.75, 3.05) is 24.5 Å². The number of halogens is 1. The molecule has 2 saturated heterocycles. The third kappa shape index (κ3) is 3.06. The van der Waals surface area contributed by atoms with E-state index < -0.39 is 6.03 Å². The van der Waals surface area contributed by atoms with Gasteiger partial charge in [-0.05, 0) is 43.0 Å². The smallest absolute Gasteiger partial charge is 0.329 e. The van der Waals surface area contributed by atoms with Crippen LogP contribution in [0.1, 0.15) is 31.7 Å². The minimum absolute atomic E-state index is 0.191. The molecule has 5 nitrogen and oxygen atoms in total. The van der Waals surface area contributed by atoms with Gasteiger partial charge in [-0.25, -0.2) is 9.18 Å². The average Bonchev–Trinajstić information content (AvgIpc) is 3.13. The van der Waals surface area contributed by atoms with Crippen LogP contribution in [0, 0.1) is 5.82 Å². The standard InChI is InChI=1S/C17H20FN3O2/c1-2-7-21-16(22)14(19-17(21)23)11-12-5-6-15(13(18)10-12)20-8-3-4-9-20/h5-6,10-11H,2-4,7-9H2,1H3,(H,19,23)/b14-11+. The molecule has 0 unspecified atom stereocenters. The minimum Gasteiger partial charge on any atom is -0.369 e. The molecule has 0 spiro atoms. The van der Waals surface area contributed by atoms with Gasteiger partial charge in [0.05, 0.1) is 5.69 Å². The Morgan fingerprint density at radius 2 is 2.00 bits per heavy atom. The van der Waals surface area contributed by atoms with Crippen molar-refractivity contribution >= 4 is 23.7 Å². The van der Waals surface area contributed by atoms with Gasteiger partial charge in [0.1, 0.15) is 11.5 Å². The van der Waals surface area contributed by atoms with Crippen LogP contribution in [-0.4, -0.2) is 36.5 Å². The molecule has 23 heavy (non-hydrogen) atoms. The highest BCUT2D eigenvalue weighted by atomic mass is 19.1. The van der Waals surface area contributed by atoms with Crippen LogP contribution < -0.4 is 10.2 Å². The van der Waals surface area contributed by atoms with Crippen molar-refractivity contribution in [2.24, 2.45) is 0 Å². The van der Waals surface area contributed by atoms with Crippen molar-refractivity contribution < 1.29 is 14.0 Å². The fourth-order valence-corrected chi connectivity index (χ4v) is 2.99. The molecule has 2 heterocycles. The van der Waals surface area contributed by atoms with Gasteiger partial charge in [-0.1, -0.05) is 13.0 Å². The third-order valence-corrected chi connectivity index (χ3v) is 4.14. The number of rotatable bonds is 4. The lowest BCUT2D eigenvalue weighted by Gasteiger charge is -2.18. The Balaban J connectivity index is 1.81. The predicted octanol–water partition coefficient (Wildman–Crippen LogP) is 2.73. The second-order valence-electron chi connectivity index (χ2n) is 5.85. The number of amides is 3. The Morgan fingerprint density at radius 3 is 2.65 bits per heavy atom. The Morgan fingerprint density at radius 1 is 1.26 bits per heavy atom. The van der Waals surface area contributed by atoms with Crippen molar-refractivity contribution in [1.82, 2.24) is 10.2 Å². The van der Waals surface area contributed by atoms with E-state index in [0.717, 1.165) is 25.9 Å². The number of hydrogen-bond acceptors (Lipinski definition) is 3. The van der Waals surface area contributed by atoms with Crippen molar-refractivity contribution in [2.45, 2.75) is 26.2 Å². The summed E-state index contributed by atoms with van der Waals surface area (Å²) in [5.41, 5.74) is 1.35. The van der Waals surface area contributed by atoms with Gasteiger partial charge in [-0.3, -0.25) is 9.69 Å². The monoisotopic (exact) mass is 317 g/mol. The molecule has 0 radical (unpaired) electrons. The predicted molar refractivity (Wildman–Crippen MR) is 86.4 cm³/mol. The van der Waals surface area contributed by atoms with Crippen LogP contribution in [0.4, 0.5) is 14.9 Å². The van der Waals surface area contributed by atoms with E-state index in [-0.39, 0.29) is 17.4 Å². The zero-order valence-electron chi connectivity index (χ0n) is 13.1. The summed E-state index contributed by atoms with van der Waals surface area (Å²) in [6, 6.07) is 4.49.